The molecule has 0 spiro atoms. The van der Waals surface area contributed by atoms with Crippen molar-refractivity contribution in [1.29, 1.82) is 0 Å². The van der Waals surface area contributed by atoms with Crippen LogP contribution in [-0.2, 0) is 0 Å². The Labute approximate surface area is 112 Å². The van der Waals surface area contributed by atoms with E-state index in [0.717, 1.165) is 24.3 Å². The van der Waals surface area contributed by atoms with Crippen LogP contribution in [-0.4, -0.2) is 30.1 Å². The Kier molecular flexibility index (Phi) is 3.68. The summed E-state index contributed by atoms with van der Waals surface area (Å²) in [6.07, 6.45) is 11.6. The minimum Gasteiger partial charge on any atom is -0.329 e. The van der Waals surface area contributed by atoms with Gasteiger partial charge in [-0.3, -0.25) is 4.90 Å². The first-order chi connectivity index (χ1) is 8.71. The van der Waals surface area contributed by atoms with Gasteiger partial charge in [-0.25, -0.2) is 0 Å². The minimum atomic E-state index is 0.295. The number of fused-ring (bicyclic) bond motifs is 1. The van der Waals surface area contributed by atoms with E-state index in [1.807, 2.05) is 0 Å². The number of likely N-dealkylation sites (tertiary alicyclic amines) is 1. The van der Waals surface area contributed by atoms with Gasteiger partial charge in [-0.15, -0.1) is 0 Å². The summed E-state index contributed by atoms with van der Waals surface area (Å²) in [5.41, 5.74) is 6.44. The van der Waals surface area contributed by atoms with Crippen molar-refractivity contribution >= 4 is 0 Å². The molecule has 3 aliphatic rings. The van der Waals surface area contributed by atoms with Gasteiger partial charge in [0.05, 0.1) is 0 Å². The van der Waals surface area contributed by atoms with Crippen molar-refractivity contribution in [1.82, 2.24) is 4.90 Å². The lowest BCUT2D eigenvalue weighted by Gasteiger charge is -2.49. The van der Waals surface area contributed by atoms with Crippen LogP contribution >= 0.6 is 0 Å². The Morgan fingerprint density at radius 3 is 2.44 bits per heavy atom. The third kappa shape index (κ3) is 2.60. The van der Waals surface area contributed by atoms with E-state index in [0.29, 0.717) is 5.54 Å². The van der Waals surface area contributed by atoms with E-state index in [4.69, 9.17) is 5.73 Å². The molecule has 2 aliphatic carbocycles. The molecule has 1 saturated heterocycles. The molecular formula is C16H30N2. The van der Waals surface area contributed by atoms with E-state index < -0.39 is 0 Å². The normalized spacial score (nSPS) is 37.0. The molecule has 18 heavy (non-hydrogen) atoms. The third-order valence-electron chi connectivity index (χ3n) is 5.92. The van der Waals surface area contributed by atoms with Gasteiger partial charge in [-0.2, -0.15) is 0 Å². The van der Waals surface area contributed by atoms with Crippen LogP contribution in [0.2, 0.25) is 0 Å². The zero-order chi connectivity index (χ0) is 12.6. The fourth-order valence-corrected chi connectivity index (χ4v) is 4.38. The lowest BCUT2D eigenvalue weighted by molar-refractivity contribution is 0.00915. The van der Waals surface area contributed by atoms with Crippen molar-refractivity contribution in [2.45, 2.75) is 63.8 Å². The molecule has 2 N–H and O–H groups in total. The van der Waals surface area contributed by atoms with Gasteiger partial charge in [-0.1, -0.05) is 32.1 Å². The first-order valence-electron chi connectivity index (χ1n) is 8.16. The number of nitrogens with zero attached hydrogens (tertiary/aromatic N) is 1. The van der Waals surface area contributed by atoms with E-state index in [1.165, 1.54) is 64.5 Å². The summed E-state index contributed by atoms with van der Waals surface area (Å²) in [6.45, 7) is 5.92. The van der Waals surface area contributed by atoms with E-state index in [2.05, 4.69) is 11.8 Å². The molecular weight excluding hydrogens is 220 g/mol. The highest BCUT2D eigenvalue weighted by Gasteiger charge is 2.41. The van der Waals surface area contributed by atoms with Gasteiger partial charge in [0.2, 0.25) is 0 Å². The van der Waals surface area contributed by atoms with Crippen molar-refractivity contribution in [2.75, 3.05) is 19.6 Å². The number of rotatable bonds is 4. The lowest BCUT2D eigenvalue weighted by Crippen LogP contribution is -2.57. The molecule has 2 heteroatoms. The van der Waals surface area contributed by atoms with Crippen molar-refractivity contribution in [3.63, 3.8) is 0 Å². The molecule has 3 unspecified atom stereocenters. The number of piperidine rings is 1. The summed E-state index contributed by atoms with van der Waals surface area (Å²) in [4.78, 5) is 2.76. The third-order valence-corrected chi connectivity index (χ3v) is 5.92. The Morgan fingerprint density at radius 2 is 1.78 bits per heavy atom. The standard InChI is InChI=1S/C16H30N2/c1-16(12-17,10-13-6-7-13)18-9-8-14-4-2-3-5-15(14)11-18/h13-15H,2-12,17H2,1H3. The maximum Gasteiger partial charge on any atom is 0.0306 e. The lowest BCUT2D eigenvalue weighted by atomic mass is 9.73. The van der Waals surface area contributed by atoms with E-state index in [1.54, 1.807) is 0 Å². The van der Waals surface area contributed by atoms with Crippen LogP contribution in [0.25, 0.3) is 0 Å². The van der Waals surface area contributed by atoms with Crippen LogP contribution in [0, 0.1) is 17.8 Å². The fourth-order valence-electron chi connectivity index (χ4n) is 4.38. The molecule has 2 nitrogen and oxygen atoms in total. The molecule has 104 valence electrons. The number of hydrogen-bond donors (Lipinski definition) is 1. The Balaban J connectivity index is 1.63. The molecule has 1 heterocycles. The second-order valence-corrected chi connectivity index (χ2v) is 7.39. The zero-order valence-corrected chi connectivity index (χ0v) is 12.0. The van der Waals surface area contributed by atoms with Gasteiger partial charge in [0.1, 0.15) is 0 Å². The van der Waals surface area contributed by atoms with Crippen molar-refractivity contribution < 1.29 is 0 Å². The average molecular weight is 250 g/mol. The summed E-state index contributed by atoms with van der Waals surface area (Å²) in [5, 5.41) is 0. The molecule has 3 rings (SSSR count). The Bertz CT molecular complexity index is 287. The Morgan fingerprint density at radius 1 is 1.06 bits per heavy atom. The molecule has 0 bridgehead atoms. The van der Waals surface area contributed by atoms with E-state index >= 15 is 0 Å². The molecule has 3 atom stereocenters. The highest BCUT2D eigenvalue weighted by molar-refractivity contribution is 4.96. The monoisotopic (exact) mass is 250 g/mol. The fraction of sp³-hybridized carbons (Fsp3) is 1.00. The molecule has 0 aromatic rings. The largest absolute Gasteiger partial charge is 0.329 e. The second-order valence-electron chi connectivity index (χ2n) is 7.39. The predicted molar refractivity (Wildman–Crippen MR) is 76.4 cm³/mol. The first kappa shape index (κ1) is 12.9. The summed E-state index contributed by atoms with van der Waals surface area (Å²) in [7, 11) is 0. The summed E-state index contributed by atoms with van der Waals surface area (Å²) >= 11 is 0. The van der Waals surface area contributed by atoms with Gasteiger partial charge >= 0.3 is 0 Å². The van der Waals surface area contributed by atoms with E-state index in [-0.39, 0.29) is 0 Å². The molecule has 1 aliphatic heterocycles. The van der Waals surface area contributed by atoms with Crippen molar-refractivity contribution in [2.24, 2.45) is 23.5 Å². The summed E-state index contributed by atoms with van der Waals surface area (Å²) in [6, 6.07) is 0. The first-order valence-corrected chi connectivity index (χ1v) is 8.16. The van der Waals surface area contributed by atoms with Gasteiger partial charge < -0.3 is 5.73 Å². The molecule has 0 radical (unpaired) electrons. The molecule has 0 aromatic carbocycles. The number of nitrogens with two attached hydrogens (primary N) is 1. The molecule has 0 aromatic heterocycles. The SMILES string of the molecule is CC(CN)(CC1CC1)N1CCC2CCCCC2C1. The Hall–Kier alpha value is -0.0800. The van der Waals surface area contributed by atoms with Crippen molar-refractivity contribution in [3.8, 4) is 0 Å². The minimum absolute atomic E-state index is 0.295. The second kappa shape index (κ2) is 5.13. The van der Waals surface area contributed by atoms with Crippen LogP contribution in [0.1, 0.15) is 58.3 Å². The smallest absolute Gasteiger partial charge is 0.0306 e. The quantitative estimate of drug-likeness (QED) is 0.831. The summed E-state index contributed by atoms with van der Waals surface area (Å²) in [5.74, 6) is 3.01. The molecule has 2 saturated carbocycles. The van der Waals surface area contributed by atoms with Crippen LogP contribution in [0.4, 0.5) is 0 Å². The van der Waals surface area contributed by atoms with Gasteiger partial charge in [-0.05, 0) is 50.5 Å². The maximum atomic E-state index is 6.14. The summed E-state index contributed by atoms with van der Waals surface area (Å²) < 4.78 is 0. The van der Waals surface area contributed by atoms with Crippen LogP contribution < -0.4 is 5.73 Å². The molecule has 3 fully saturated rings. The van der Waals surface area contributed by atoms with E-state index in [9.17, 15) is 0 Å². The zero-order valence-electron chi connectivity index (χ0n) is 12.0. The maximum absolute atomic E-state index is 6.14. The van der Waals surface area contributed by atoms with Crippen molar-refractivity contribution in [3.05, 3.63) is 0 Å². The average Bonchev–Trinajstić information content (AvgIpc) is 3.22. The van der Waals surface area contributed by atoms with Gasteiger partial charge in [0.25, 0.3) is 0 Å². The highest BCUT2D eigenvalue weighted by atomic mass is 15.2. The van der Waals surface area contributed by atoms with Gasteiger partial charge in [0.15, 0.2) is 0 Å². The van der Waals surface area contributed by atoms with Crippen LogP contribution in [0.3, 0.4) is 0 Å². The topological polar surface area (TPSA) is 29.3 Å². The molecule has 0 amide bonds. The van der Waals surface area contributed by atoms with Crippen LogP contribution in [0.5, 0.6) is 0 Å². The highest BCUT2D eigenvalue weighted by Crippen LogP contribution is 2.42. The van der Waals surface area contributed by atoms with Crippen LogP contribution in [0.15, 0.2) is 0 Å². The predicted octanol–water partition coefficient (Wildman–Crippen LogP) is 3.02. The number of hydrogen-bond acceptors (Lipinski definition) is 2. The van der Waals surface area contributed by atoms with Gasteiger partial charge in [0, 0.05) is 18.6 Å².